The molecule has 0 saturated heterocycles. The molecule has 0 spiro atoms. The number of hydrogen-bond acceptors (Lipinski definition) is 4. The standard InChI is InChI=1S/C39H44F6O4/c1-3-5-6-7-22-48-32-20-18-28(34(41)38(32)45)23-8-10-25(11-9-23)39(46)49-26-14-12-24(13-15-26)27-16-17-29(35(42)33(27)40)30-19-21-31(47-4-2)37(44)36(30)43/h16-21,23-26H,3-15,22H2,1-2H3/t23-,24-,25-,26-. The number of halogens is 6. The van der Waals surface area contributed by atoms with Gasteiger partial charge >= 0.3 is 5.97 Å². The summed E-state index contributed by atoms with van der Waals surface area (Å²) in [6.45, 7) is 4.17. The van der Waals surface area contributed by atoms with Crippen molar-refractivity contribution in [1.29, 1.82) is 0 Å². The molecule has 49 heavy (non-hydrogen) atoms. The van der Waals surface area contributed by atoms with E-state index in [9.17, 15) is 22.4 Å². The van der Waals surface area contributed by atoms with Gasteiger partial charge in [0.1, 0.15) is 6.10 Å². The summed E-state index contributed by atoms with van der Waals surface area (Å²) in [7, 11) is 0. The molecule has 266 valence electrons. The van der Waals surface area contributed by atoms with Gasteiger partial charge in [-0.2, -0.15) is 8.78 Å². The Morgan fingerprint density at radius 3 is 1.73 bits per heavy atom. The lowest BCUT2D eigenvalue weighted by molar-refractivity contribution is -0.157. The molecule has 5 rings (SSSR count). The largest absolute Gasteiger partial charge is 0.491 e. The lowest BCUT2D eigenvalue weighted by Gasteiger charge is -2.32. The first-order valence-corrected chi connectivity index (χ1v) is 17.5. The first kappa shape index (κ1) is 36.6. The number of hydrogen-bond donors (Lipinski definition) is 0. The van der Waals surface area contributed by atoms with Crippen LogP contribution in [-0.2, 0) is 9.53 Å². The van der Waals surface area contributed by atoms with Gasteiger partial charge in [-0.3, -0.25) is 4.79 Å². The minimum atomic E-state index is -1.32. The number of unbranched alkanes of at least 4 members (excludes halogenated alkanes) is 3. The minimum Gasteiger partial charge on any atom is -0.491 e. The van der Waals surface area contributed by atoms with Crippen LogP contribution in [0.1, 0.15) is 114 Å². The summed E-state index contributed by atoms with van der Waals surface area (Å²) in [6.07, 6.45) is 7.39. The smallest absolute Gasteiger partial charge is 0.309 e. The molecule has 0 bridgehead atoms. The van der Waals surface area contributed by atoms with Crippen molar-refractivity contribution in [3.8, 4) is 22.6 Å². The number of ether oxygens (including phenoxy) is 3. The normalized spacial score (nSPS) is 21.0. The molecule has 0 unspecified atom stereocenters. The molecule has 0 aromatic heterocycles. The quantitative estimate of drug-likeness (QED) is 0.102. The summed E-state index contributed by atoms with van der Waals surface area (Å²) in [4.78, 5) is 13.0. The second-order valence-electron chi connectivity index (χ2n) is 13.2. The highest BCUT2D eigenvalue weighted by molar-refractivity contribution is 5.73. The first-order valence-electron chi connectivity index (χ1n) is 17.5. The highest BCUT2D eigenvalue weighted by Gasteiger charge is 2.34. The van der Waals surface area contributed by atoms with Crippen LogP contribution in [-0.4, -0.2) is 25.3 Å². The number of benzene rings is 3. The number of esters is 1. The fourth-order valence-electron chi connectivity index (χ4n) is 7.17. The molecule has 0 heterocycles. The molecule has 0 radical (unpaired) electrons. The van der Waals surface area contributed by atoms with Crippen LogP contribution in [0.5, 0.6) is 11.5 Å². The van der Waals surface area contributed by atoms with Crippen LogP contribution in [0.25, 0.3) is 11.1 Å². The summed E-state index contributed by atoms with van der Waals surface area (Å²) >= 11 is 0. The van der Waals surface area contributed by atoms with E-state index in [4.69, 9.17) is 14.2 Å². The fraction of sp³-hybridized carbons (Fsp3) is 0.513. The van der Waals surface area contributed by atoms with E-state index in [-0.39, 0.29) is 59.1 Å². The van der Waals surface area contributed by atoms with Crippen LogP contribution in [0.3, 0.4) is 0 Å². The molecule has 0 N–H and O–H groups in total. The molecule has 3 aromatic rings. The second kappa shape index (κ2) is 16.8. The summed E-state index contributed by atoms with van der Waals surface area (Å²) < 4.78 is 106. The van der Waals surface area contributed by atoms with Gasteiger partial charge in [-0.15, -0.1) is 0 Å². The van der Waals surface area contributed by atoms with E-state index < -0.39 is 40.5 Å². The number of carbonyl (C=O) groups is 1. The van der Waals surface area contributed by atoms with Gasteiger partial charge in [0.15, 0.2) is 34.8 Å². The second-order valence-corrected chi connectivity index (χ2v) is 13.2. The van der Waals surface area contributed by atoms with Crippen molar-refractivity contribution in [1.82, 2.24) is 0 Å². The average molecular weight is 691 g/mol. The minimum absolute atomic E-state index is 0.0781. The van der Waals surface area contributed by atoms with E-state index in [2.05, 4.69) is 6.92 Å². The summed E-state index contributed by atoms with van der Waals surface area (Å²) in [5.41, 5.74) is -0.340. The highest BCUT2D eigenvalue weighted by atomic mass is 19.2. The van der Waals surface area contributed by atoms with Crippen molar-refractivity contribution < 1.29 is 45.3 Å². The molecule has 0 aliphatic heterocycles. The maximum Gasteiger partial charge on any atom is 0.309 e. The van der Waals surface area contributed by atoms with Gasteiger partial charge in [0.05, 0.1) is 19.1 Å². The number of rotatable bonds is 13. The van der Waals surface area contributed by atoms with Gasteiger partial charge in [-0.25, -0.2) is 17.6 Å². The lowest BCUT2D eigenvalue weighted by atomic mass is 9.78. The van der Waals surface area contributed by atoms with E-state index in [1.165, 1.54) is 24.3 Å². The van der Waals surface area contributed by atoms with Crippen LogP contribution in [0.4, 0.5) is 26.3 Å². The predicted molar refractivity (Wildman–Crippen MR) is 175 cm³/mol. The predicted octanol–water partition coefficient (Wildman–Crippen LogP) is 11.1. The van der Waals surface area contributed by atoms with Crippen LogP contribution in [0, 0.1) is 40.8 Å². The van der Waals surface area contributed by atoms with Crippen molar-refractivity contribution in [3.05, 3.63) is 82.4 Å². The first-order chi connectivity index (χ1) is 23.6. The maximum absolute atomic E-state index is 15.3. The van der Waals surface area contributed by atoms with Gasteiger partial charge < -0.3 is 14.2 Å². The van der Waals surface area contributed by atoms with Gasteiger partial charge in [-0.05, 0) is 106 Å². The van der Waals surface area contributed by atoms with Crippen LogP contribution < -0.4 is 9.47 Å². The topological polar surface area (TPSA) is 44.8 Å². The molecule has 0 atom stereocenters. The summed E-state index contributed by atoms with van der Waals surface area (Å²) in [5.74, 6) is -8.41. The molecule has 4 nitrogen and oxygen atoms in total. The van der Waals surface area contributed by atoms with Crippen LogP contribution in [0.2, 0.25) is 0 Å². The Hall–Kier alpha value is -3.69. The van der Waals surface area contributed by atoms with Crippen molar-refractivity contribution in [2.45, 2.75) is 109 Å². The zero-order valence-electron chi connectivity index (χ0n) is 28.1. The zero-order valence-corrected chi connectivity index (χ0v) is 28.1. The molecular formula is C39H44F6O4. The van der Waals surface area contributed by atoms with E-state index in [1.54, 1.807) is 13.0 Å². The van der Waals surface area contributed by atoms with Gasteiger partial charge in [0.25, 0.3) is 0 Å². The molecule has 3 aromatic carbocycles. The van der Waals surface area contributed by atoms with Crippen LogP contribution >= 0.6 is 0 Å². The Morgan fingerprint density at radius 2 is 1.10 bits per heavy atom. The van der Waals surface area contributed by atoms with E-state index in [0.29, 0.717) is 63.5 Å². The summed E-state index contributed by atoms with van der Waals surface area (Å²) in [5, 5.41) is 0. The van der Waals surface area contributed by atoms with Crippen molar-refractivity contribution >= 4 is 5.97 Å². The summed E-state index contributed by atoms with van der Waals surface area (Å²) in [6, 6.07) is 8.08. The van der Waals surface area contributed by atoms with E-state index >= 15 is 8.78 Å². The van der Waals surface area contributed by atoms with Gasteiger partial charge in [0.2, 0.25) is 11.6 Å². The third-order valence-corrected chi connectivity index (χ3v) is 9.98. The third kappa shape index (κ3) is 8.38. The zero-order chi connectivity index (χ0) is 35.1. The highest BCUT2D eigenvalue weighted by Crippen LogP contribution is 2.42. The molecule has 10 heteroatoms. The fourth-order valence-corrected chi connectivity index (χ4v) is 7.17. The Morgan fingerprint density at radius 1 is 0.592 bits per heavy atom. The van der Waals surface area contributed by atoms with Crippen molar-refractivity contribution in [2.24, 2.45) is 5.92 Å². The number of carbonyl (C=O) groups excluding carboxylic acids is 1. The maximum atomic E-state index is 15.3. The molecule has 0 amide bonds. The molecule has 2 aliphatic rings. The monoisotopic (exact) mass is 690 g/mol. The van der Waals surface area contributed by atoms with Gasteiger partial charge in [0, 0.05) is 11.1 Å². The Bertz CT molecular complexity index is 1600. The Kier molecular flexibility index (Phi) is 12.6. The average Bonchev–Trinajstić information content (AvgIpc) is 3.11. The van der Waals surface area contributed by atoms with E-state index in [0.717, 1.165) is 31.7 Å². The van der Waals surface area contributed by atoms with Crippen molar-refractivity contribution in [2.75, 3.05) is 13.2 Å². The van der Waals surface area contributed by atoms with Gasteiger partial charge in [-0.1, -0.05) is 44.4 Å². The lowest BCUT2D eigenvalue weighted by Crippen LogP contribution is -2.30. The van der Waals surface area contributed by atoms with Crippen molar-refractivity contribution in [3.63, 3.8) is 0 Å². The SMILES string of the molecule is CCCCCCOc1ccc([C@H]2CC[C@H](C(=O)O[C@H]3CC[C@H](c4ccc(-c5ccc(OCC)c(F)c5F)c(F)c4F)CC3)CC2)c(F)c1F. The molecule has 2 saturated carbocycles. The Labute approximate surface area is 284 Å². The molecule has 2 fully saturated rings. The Balaban J connectivity index is 1.11. The molecular weight excluding hydrogens is 646 g/mol. The molecule has 2 aliphatic carbocycles. The van der Waals surface area contributed by atoms with E-state index in [1.807, 2.05) is 0 Å². The third-order valence-electron chi connectivity index (χ3n) is 9.98. The van der Waals surface area contributed by atoms with Crippen LogP contribution in [0.15, 0.2) is 36.4 Å².